The number of aliphatic hydroxyl groups is 3. The quantitative estimate of drug-likeness (QED) is 0.402. The molecule has 0 radical (unpaired) electrons. The van der Waals surface area contributed by atoms with Gasteiger partial charge in [-0.05, 0) is 44.4 Å². The number of carbonyl (C=O) groups excluding carboxylic acids is 1. The fraction of sp³-hybridized carbons (Fsp3) is 0.774. The predicted octanol–water partition coefficient (Wildman–Crippen LogP) is 0.716. The summed E-state index contributed by atoms with van der Waals surface area (Å²) < 4.78 is 30.6. The molecule has 5 saturated carbocycles. The molecule has 0 amide bonds. The highest BCUT2D eigenvalue weighted by atomic mass is 16.6. The lowest BCUT2D eigenvalue weighted by molar-refractivity contribution is -0.313. The molecule has 5 aliphatic carbocycles. The van der Waals surface area contributed by atoms with E-state index < -0.39 is 58.8 Å². The second kappa shape index (κ2) is 9.19. The molecule has 1 aliphatic heterocycles. The lowest BCUT2D eigenvalue weighted by atomic mass is 9.43. The highest BCUT2D eigenvalue weighted by molar-refractivity contribution is 5.89. The number of piperidine rings is 1. The Morgan fingerprint density at radius 2 is 1.76 bits per heavy atom. The number of benzene rings is 1. The van der Waals surface area contributed by atoms with Gasteiger partial charge in [0, 0.05) is 69.6 Å². The SMILES string of the molecule is COC[C@@]12CCC(OC)C34C(C(C(OC)[C@@H]31)[C@]1(O)[C@@H]3[C@H]4C[C@](O)([C@@H]3OC(=O)c3ccccc3)[C@@H](OC)[C@@H]1O)N(C)C2. The standard InChI is InChI=1S/C31H43NO9/c1-32-14-28(15-37-2)12-11-18(38-3)30-17-13-29(35)25(41-27(34)16-9-7-6-8-10-16)19(17)31(36,24(33)26(29)40-5)20(23(30)32)21(39-4)22(28)30/h6-10,17-26,33,35-36H,11-15H2,1-5H3/t17-,18?,19-,20?,21?,22-,23?,24+,25-,26+,28+,29+,30?,31-/m1/s1. The number of nitrogens with zero attached hydrogens (tertiary/aromatic N) is 1. The second-order valence-electron chi connectivity index (χ2n) is 13.6. The number of hydrogen-bond acceptors (Lipinski definition) is 10. The smallest absolute Gasteiger partial charge is 0.338 e. The number of hydrogen-bond donors (Lipinski definition) is 3. The Morgan fingerprint density at radius 3 is 2.39 bits per heavy atom. The molecule has 7 bridgehead atoms. The van der Waals surface area contributed by atoms with E-state index in [0.29, 0.717) is 12.2 Å². The van der Waals surface area contributed by atoms with Crippen LogP contribution in [0.1, 0.15) is 29.6 Å². The first-order chi connectivity index (χ1) is 19.6. The number of likely N-dealkylation sites (tertiary alicyclic amines) is 1. The molecule has 1 spiro atoms. The van der Waals surface area contributed by atoms with E-state index in [2.05, 4.69) is 11.9 Å². The molecule has 10 nitrogen and oxygen atoms in total. The van der Waals surface area contributed by atoms with Crippen LogP contribution in [0.2, 0.25) is 0 Å². The van der Waals surface area contributed by atoms with Crippen molar-refractivity contribution in [1.82, 2.24) is 4.90 Å². The monoisotopic (exact) mass is 573 g/mol. The summed E-state index contributed by atoms with van der Waals surface area (Å²) in [6.07, 6.45) is -2.45. The molecule has 3 N–H and O–H groups in total. The Morgan fingerprint density at radius 1 is 1.02 bits per heavy atom. The molecule has 41 heavy (non-hydrogen) atoms. The van der Waals surface area contributed by atoms with Gasteiger partial charge in [-0.3, -0.25) is 0 Å². The van der Waals surface area contributed by atoms with Crippen LogP contribution in [0.5, 0.6) is 0 Å². The molecule has 1 saturated heterocycles. The third-order valence-corrected chi connectivity index (χ3v) is 12.5. The van der Waals surface area contributed by atoms with E-state index in [1.54, 1.807) is 45.6 Å². The van der Waals surface area contributed by atoms with Crippen molar-refractivity contribution in [2.24, 2.45) is 34.5 Å². The molecule has 1 aromatic carbocycles. The van der Waals surface area contributed by atoms with Crippen molar-refractivity contribution in [3.8, 4) is 0 Å². The summed E-state index contributed by atoms with van der Waals surface area (Å²) in [5, 5.41) is 37.6. The molecule has 7 rings (SSSR count). The Hall–Kier alpha value is -1.63. The Bertz CT molecular complexity index is 1200. The summed E-state index contributed by atoms with van der Waals surface area (Å²) in [5.41, 5.74) is -3.95. The van der Waals surface area contributed by atoms with E-state index in [4.69, 9.17) is 23.7 Å². The third-order valence-electron chi connectivity index (χ3n) is 12.5. The Kier molecular flexibility index (Phi) is 6.31. The van der Waals surface area contributed by atoms with Crippen molar-refractivity contribution < 1.29 is 43.8 Å². The van der Waals surface area contributed by atoms with Crippen LogP contribution in [0, 0.1) is 34.5 Å². The minimum atomic E-state index is -1.76. The number of ether oxygens (including phenoxy) is 5. The van der Waals surface area contributed by atoms with Crippen LogP contribution in [0.3, 0.4) is 0 Å². The van der Waals surface area contributed by atoms with Crippen molar-refractivity contribution >= 4 is 5.97 Å². The highest BCUT2D eigenvalue weighted by Gasteiger charge is 2.90. The van der Waals surface area contributed by atoms with Crippen molar-refractivity contribution in [2.45, 2.75) is 67.0 Å². The molecule has 14 atom stereocenters. The fourth-order valence-electron chi connectivity index (χ4n) is 11.8. The molecular weight excluding hydrogens is 530 g/mol. The predicted molar refractivity (Wildman–Crippen MR) is 145 cm³/mol. The van der Waals surface area contributed by atoms with Gasteiger partial charge in [-0.1, -0.05) is 18.2 Å². The molecule has 5 unspecified atom stereocenters. The number of rotatable bonds is 7. The zero-order chi connectivity index (χ0) is 29.1. The van der Waals surface area contributed by atoms with Crippen molar-refractivity contribution in [3.05, 3.63) is 35.9 Å². The summed E-state index contributed by atoms with van der Waals surface area (Å²) in [4.78, 5) is 15.8. The van der Waals surface area contributed by atoms with Gasteiger partial charge in [0.25, 0.3) is 0 Å². The second-order valence-corrected chi connectivity index (χ2v) is 13.6. The van der Waals surface area contributed by atoms with Crippen LogP contribution in [-0.2, 0) is 23.7 Å². The maximum atomic E-state index is 13.5. The lowest BCUT2D eigenvalue weighted by Gasteiger charge is -2.69. The minimum absolute atomic E-state index is 0.0644. The molecule has 1 aromatic rings. The first kappa shape index (κ1) is 28.2. The van der Waals surface area contributed by atoms with E-state index in [1.807, 2.05) is 6.07 Å². The van der Waals surface area contributed by atoms with Gasteiger partial charge in [0.05, 0.1) is 24.4 Å². The summed E-state index contributed by atoms with van der Waals surface area (Å²) in [6.45, 7) is 1.29. The van der Waals surface area contributed by atoms with Gasteiger partial charge < -0.3 is 43.9 Å². The molecule has 1 heterocycles. The first-order valence-electron chi connectivity index (χ1n) is 14.8. The largest absolute Gasteiger partial charge is 0.455 e. The number of methoxy groups -OCH3 is 4. The molecular formula is C31H43NO9. The summed E-state index contributed by atoms with van der Waals surface area (Å²) in [7, 11) is 8.65. The number of carbonyl (C=O) groups is 1. The first-order valence-corrected chi connectivity index (χ1v) is 14.8. The highest BCUT2D eigenvalue weighted by Crippen LogP contribution is 2.80. The Labute approximate surface area is 240 Å². The lowest BCUT2D eigenvalue weighted by Crippen LogP contribution is -2.79. The number of esters is 1. The molecule has 226 valence electrons. The van der Waals surface area contributed by atoms with Crippen molar-refractivity contribution in [1.29, 1.82) is 0 Å². The van der Waals surface area contributed by atoms with E-state index in [1.165, 1.54) is 7.11 Å². The zero-order valence-electron chi connectivity index (χ0n) is 24.4. The summed E-state index contributed by atoms with van der Waals surface area (Å²) >= 11 is 0. The van der Waals surface area contributed by atoms with Crippen LogP contribution in [0.15, 0.2) is 30.3 Å². The fourth-order valence-corrected chi connectivity index (χ4v) is 11.8. The van der Waals surface area contributed by atoms with Gasteiger partial charge in [0.1, 0.15) is 29.5 Å². The van der Waals surface area contributed by atoms with Gasteiger partial charge in [-0.2, -0.15) is 0 Å². The molecule has 10 heteroatoms. The number of aliphatic hydroxyl groups excluding tert-OH is 1. The molecule has 6 aliphatic rings. The average molecular weight is 574 g/mol. The van der Waals surface area contributed by atoms with Gasteiger partial charge in [0.2, 0.25) is 0 Å². The van der Waals surface area contributed by atoms with Gasteiger partial charge in [-0.15, -0.1) is 0 Å². The van der Waals surface area contributed by atoms with E-state index in [9.17, 15) is 20.1 Å². The third kappa shape index (κ3) is 3.08. The van der Waals surface area contributed by atoms with Crippen LogP contribution in [0.4, 0.5) is 0 Å². The maximum Gasteiger partial charge on any atom is 0.338 e. The van der Waals surface area contributed by atoms with E-state index >= 15 is 0 Å². The summed E-state index contributed by atoms with van der Waals surface area (Å²) in [5.74, 6) is -2.30. The van der Waals surface area contributed by atoms with Crippen LogP contribution in [-0.4, -0.2) is 123 Å². The zero-order valence-corrected chi connectivity index (χ0v) is 24.4. The average Bonchev–Trinajstić information content (AvgIpc) is 3.36. The minimum Gasteiger partial charge on any atom is -0.455 e. The summed E-state index contributed by atoms with van der Waals surface area (Å²) in [6, 6.07) is 8.46. The normalized spacial score (nSPS) is 52.9. The van der Waals surface area contributed by atoms with Crippen LogP contribution >= 0.6 is 0 Å². The van der Waals surface area contributed by atoms with Crippen LogP contribution in [0.25, 0.3) is 0 Å². The van der Waals surface area contributed by atoms with E-state index in [-0.39, 0.29) is 35.8 Å². The van der Waals surface area contributed by atoms with Gasteiger partial charge in [-0.25, -0.2) is 4.79 Å². The van der Waals surface area contributed by atoms with Crippen molar-refractivity contribution in [2.75, 3.05) is 48.6 Å². The molecule has 6 fully saturated rings. The van der Waals surface area contributed by atoms with E-state index in [0.717, 1.165) is 19.4 Å². The topological polar surface area (TPSA) is 127 Å². The Balaban J connectivity index is 1.46. The van der Waals surface area contributed by atoms with Crippen molar-refractivity contribution in [3.63, 3.8) is 0 Å². The number of fused-ring (bicyclic) bond motifs is 2. The van der Waals surface area contributed by atoms with Gasteiger partial charge >= 0.3 is 5.97 Å². The maximum absolute atomic E-state index is 13.5. The van der Waals surface area contributed by atoms with Gasteiger partial charge in [0.15, 0.2) is 0 Å². The van der Waals surface area contributed by atoms with Crippen LogP contribution < -0.4 is 0 Å². The molecule has 0 aromatic heterocycles.